The van der Waals surface area contributed by atoms with Crippen LogP contribution in [0.5, 0.6) is 5.88 Å². The Morgan fingerprint density at radius 1 is 1.00 bits per heavy atom. The summed E-state index contributed by atoms with van der Waals surface area (Å²) < 4.78 is 11.0. The van der Waals surface area contributed by atoms with Crippen LogP contribution in [0.3, 0.4) is 0 Å². The number of benzene rings is 2. The second-order valence-electron chi connectivity index (χ2n) is 9.55. The summed E-state index contributed by atoms with van der Waals surface area (Å²) in [5, 5.41) is 10.3. The number of aromatic nitrogens is 1. The molecule has 3 aromatic rings. The van der Waals surface area contributed by atoms with Crippen molar-refractivity contribution in [1.82, 2.24) is 9.88 Å². The lowest BCUT2D eigenvalue weighted by molar-refractivity contribution is -0.0277. The molecule has 0 radical (unpaired) electrons. The van der Waals surface area contributed by atoms with Gasteiger partial charge >= 0.3 is 6.09 Å². The van der Waals surface area contributed by atoms with E-state index in [-0.39, 0.29) is 24.9 Å². The van der Waals surface area contributed by atoms with Crippen molar-refractivity contribution in [2.24, 2.45) is 0 Å². The highest BCUT2D eigenvalue weighted by Crippen LogP contribution is 2.45. The highest BCUT2D eigenvalue weighted by atomic mass is 16.5. The number of fused-ring (bicyclic) bond motifs is 3. The number of carboxylic acid groups (broad SMARTS) is 1. The summed E-state index contributed by atoms with van der Waals surface area (Å²) in [6.07, 6.45) is 0.232. The number of hydrogen-bond donors (Lipinski definition) is 1. The maximum atomic E-state index is 13.6. The van der Waals surface area contributed by atoms with Crippen molar-refractivity contribution in [2.75, 3.05) is 20.3 Å². The smallest absolute Gasteiger partial charge is 0.408 e. The molecule has 7 heteroatoms. The summed E-state index contributed by atoms with van der Waals surface area (Å²) in [7, 11) is 1.49. The van der Waals surface area contributed by atoms with E-state index in [1.807, 2.05) is 69.3 Å². The zero-order valence-electron chi connectivity index (χ0n) is 20.4. The number of ketones is 1. The topological polar surface area (TPSA) is 89.0 Å². The Morgan fingerprint density at radius 3 is 2.09 bits per heavy atom. The number of pyridine rings is 1. The summed E-state index contributed by atoms with van der Waals surface area (Å²) >= 11 is 0. The molecule has 0 unspecified atom stereocenters. The Labute approximate surface area is 205 Å². The van der Waals surface area contributed by atoms with Gasteiger partial charge < -0.3 is 14.6 Å². The first-order valence-electron chi connectivity index (χ1n) is 11.6. The molecule has 0 saturated heterocycles. The zero-order valence-corrected chi connectivity index (χ0v) is 20.4. The van der Waals surface area contributed by atoms with Crippen molar-refractivity contribution in [3.05, 3.63) is 83.6 Å². The second-order valence-corrected chi connectivity index (χ2v) is 9.55. The fourth-order valence-electron chi connectivity index (χ4n) is 4.47. The minimum absolute atomic E-state index is 0.0727. The van der Waals surface area contributed by atoms with E-state index < -0.39 is 17.7 Å². The molecule has 1 aliphatic carbocycles. The van der Waals surface area contributed by atoms with Crippen LogP contribution in [0.4, 0.5) is 4.79 Å². The average molecular weight is 475 g/mol. The van der Waals surface area contributed by atoms with E-state index in [9.17, 15) is 14.7 Å². The molecule has 1 heterocycles. The molecular formula is C28H30N2O5. The molecule has 1 amide bonds. The van der Waals surface area contributed by atoms with E-state index in [2.05, 4.69) is 4.98 Å². The van der Waals surface area contributed by atoms with E-state index >= 15 is 0 Å². The first-order valence-corrected chi connectivity index (χ1v) is 11.6. The summed E-state index contributed by atoms with van der Waals surface area (Å²) in [5.41, 5.74) is 4.03. The van der Waals surface area contributed by atoms with Gasteiger partial charge in [-0.3, -0.25) is 9.69 Å². The third-order valence-electron chi connectivity index (χ3n) is 6.17. The lowest BCUT2D eigenvalue weighted by Crippen LogP contribution is -2.50. The Hall–Kier alpha value is -3.71. The number of nitrogens with zero attached hydrogens (tertiary/aromatic N) is 2. The number of carbonyl (C=O) groups excluding carboxylic acids is 1. The largest absolute Gasteiger partial charge is 0.481 e. The number of rotatable bonds is 8. The normalized spacial score (nSPS) is 13.6. The van der Waals surface area contributed by atoms with Crippen molar-refractivity contribution < 1.29 is 24.2 Å². The first-order chi connectivity index (χ1) is 16.7. The van der Waals surface area contributed by atoms with Crippen molar-refractivity contribution in [3.8, 4) is 17.0 Å². The number of carbonyl (C=O) groups is 2. The first kappa shape index (κ1) is 24.4. The average Bonchev–Trinajstić information content (AvgIpc) is 3.16. The third kappa shape index (κ3) is 5.20. The maximum absolute atomic E-state index is 13.6. The van der Waals surface area contributed by atoms with E-state index in [1.165, 1.54) is 18.2 Å². The number of methoxy groups -OCH3 is 1. The van der Waals surface area contributed by atoms with Crippen molar-refractivity contribution in [1.29, 1.82) is 0 Å². The Kier molecular flexibility index (Phi) is 6.89. The molecule has 182 valence electrons. The van der Waals surface area contributed by atoms with Gasteiger partial charge in [0.2, 0.25) is 5.88 Å². The van der Waals surface area contributed by atoms with Crippen LogP contribution >= 0.6 is 0 Å². The molecule has 0 spiro atoms. The summed E-state index contributed by atoms with van der Waals surface area (Å²) in [6, 6.07) is 18.2. The molecule has 1 aromatic heterocycles. The van der Waals surface area contributed by atoms with E-state index in [0.717, 1.165) is 22.3 Å². The lowest BCUT2D eigenvalue weighted by Gasteiger charge is -2.33. The molecule has 2 aromatic carbocycles. The van der Waals surface area contributed by atoms with Crippen LogP contribution in [0.1, 0.15) is 48.2 Å². The highest BCUT2D eigenvalue weighted by Gasteiger charge is 2.37. The Bertz CT molecular complexity index is 1170. The van der Waals surface area contributed by atoms with Crippen LogP contribution in [0, 0.1) is 0 Å². The van der Waals surface area contributed by atoms with Crippen molar-refractivity contribution in [3.63, 3.8) is 0 Å². The van der Waals surface area contributed by atoms with Crippen LogP contribution in [-0.4, -0.2) is 58.8 Å². The molecule has 0 aliphatic heterocycles. The molecule has 35 heavy (non-hydrogen) atoms. The number of ether oxygens (including phenoxy) is 2. The minimum atomic E-state index is -1.18. The van der Waals surface area contributed by atoms with Gasteiger partial charge in [0, 0.05) is 30.3 Å². The number of Topliss-reactive ketones (excluding diaryl/α,β-unsaturated/α-hetero) is 1. The van der Waals surface area contributed by atoms with Crippen LogP contribution in [0.25, 0.3) is 11.1 Å². The minimum Gasteiger partial charge on any atom is -0.481 e. The molecule has 1 aliphatic rings. The van der Waals surface area contributed by atoms with Crippen molar-refractivity contribution in [2.45, 2.75) is 38.3 Å². The fraction of sp³-hybridized carbons (Fsp3) is 0.321. The fourth-order valence-corrected chi connectivity index (χ4v) is 4.47. The standard InChI is InChI=1S/C28H30N2O5/c1-28(2,3)35-17-24(26(31)18-13-14-25(34-4)29-15-18)30(27(32)33)16-23-21-11-7-5-9-19(21)20-10-6-8-12-22(20)23/h5-15,23-24H,16-17H2,1-4H3,(H,32,33)/t24-/m0/s1. The van der Waals surface area contributed by atoms with Gasteiger partial charge in [0.15, 0.2) is 5.78 Å². The van der Waals surface area contributed by atoms with Gasteiger partial charge in [-0.2, -0.15) is 0 Å². The van der Waals surface area contributed by atoms with Gasteiger partial charge in [-0.1, -0.05) is 48.5 Å². The number of hydrogen-bond acceptors (Lipinski definition) is 5. The van der Waals surface area contributed by atoms with Crippen LogP contribution in [-0.2, 0) is 4.74 Å². The predicted molar refractivity (Wildman–Crippen MR) is 133 cm³/mol. The molecule has 1 atom stereocenters. The van der Waals surface area contributed by atoms with Gasteiger partial charge in [0.25, 0.3) is 0 Å². The molecule has 4 rings (SSSR count). The monoisotopic (exact) mass is 474 g/mol. The van der Waals surface area contributed by atoms with Gasteiger partial charge in [0.1, 0.15) is 6.04 Å². The van der Waals surface area contributed by atoms with Crippen LogP contribution in [0.2, 0.25) is 0 Å². The quantitative estimate of drug-likeness (QED) is 0.449. The number of amides is 1. The Morgan fingerprint density at radius 2 is 1.60 bits per heavy atom. The Balaban J connectivity index is 1.71. The molecule has 0 saturated carbocycles. The lowest BCUT2D eigenvalue weighted by atomic mass is 9.95. The zero-order chi connectivity index (χ0) is 25.2. The van der Waals surface area contributed by atoms with Gasteiger partial charge in [-0.15, -0.1) is 0 Å². The molecule has 0 fully saturated rings. The SMILES string of the molecule is COc1ccc(C(=O)[C@H](COC(C)(C)C)N(CC2c3ccccc3-c3ccccc32)C(=O)O)cn1. The summed E-state index contributed by atoms with van der Waals surface area (Å²) in [5.74, 6) is -0.192. The predicted octanol–water partition coefficient (Wildman–Crippen LogP) is 5.25. The van der Waals surface area contributed by atoms with E-state index in [1.54, 1.807) is 12.1 Å². The molecular weight excluding hydrogens is 444 g/mol. The van der Waals surface area contributed by atoms with Gasteiger partial charge in [-0.05, 0) is 49.1 Å². The van der Waals surface area contributed by atoms with E-state index in [4.69, 9.17) is 9.47 Å². The molecule has 1 N–H and O–H groups in total. The molecule has 7 nitrogen and oxygen atoms in total. The maximum Gasteiger partial charge on any atom is 0.408 e. The summed E-state index contributed by atoms with van der Waals surface area (Å²) in [6.45, 7) is 5.67. The highest BCUT2D eigenvalue weighted by molar-refractivity contribution is 6.01. The summed E-state index contributed by atoms with van der Waals surface area (Å²) in [4.78, 5) is 31.5. The van der Waals surface area contributed by atoms with E-state index in [0.29, 0.717) is 11.4 Å². The molecule has 0 bridgehead atoms. The van der Waals surface area contributed by atoms with Crippen LogP contribution in [0.15, 0.2) is 66.9 Å². The van der Waals surface area contributed by atoms with Crippen molar-refractivity contribution >= 4 is 11.9 Å². The second kappa shape index (κ2) is 9.88. The third-order valence-corrected chi connectivity index (χ3v) is 6.17. The van der Waals surface area contributed by atoms with Crippen LogP contribution < -0.4 is 4.74 Å². The van der Waals surface area contributed by atoms with Gasteiger partial charge in [0.05, 0.1) is 19.3 Å². The van der Waals surface area contributed by atoms with Gasteiger partial charge in [-0.25, -0.2) is 9.78 Å².